The highest BCUT2D eigenvalue weighted by molar-refractivity contribution is 9.10. The first-order valence-electron chi connectivity index (χ1n) is 6.93. The summed E-state index contributed by atoms with van der Waals surface area (Å²) in [5, 5.41) is 4.52. The van der Waals surface area contributed by atoms with Crippen molar-refractivity contribution in [1.29, 1.82) is 0 Å². The van der Waals surface area contributed by atoms with E-state index >= 15 is 0 Å². The van der Waals surface area contributed by atoms with Gasteiger partial charge in [-0.25, -0.2) is 0 Å². The number of benzene rings is 1. The summed E-state index contributed by atoms with van der Waals surface area (Å²) in [5.41, 5.74) is 1.20. The van der Waals surface area contributed by atoms with E-state index in [4.69, 9.17) is 11.6 Å². The molecule has 18 heavy (non-hydrogen) atoms. The molecule has 2 rings (SSSR count). The maximum atomic E-state index is 6.24. The van der Waals surface area contributed by atoms with Crippen LogP contribution in [0.3, 0.4) is 0 Å². The molecule has 0 bridgehead atoms. The van der Waals surface area contributed by atoms with Gasteiger partial charge in [-0.1, -0.05) is 65.7 Å². The van der Waals surface area contributed by atoms with Gasteiger partial charge in [-0.15, -0.1) is 0 Å². The zero-order valence-corrected chi connectivity index (χ0v) is 13.1. The fourth-order valence-corrected chi connectivity index (χ4v) is 3.32. The molecule has 0 spiro atoms. The minimum absolute atomic E-state index is 0.671. The molecule has 100 valence electrons. The molecule has 3 heteroatoms. The van der Waals surface area contributed by atoms with E-state index in [0.29, 0.717) is 6.04 Å². The topological polar surface area (TPSA) is 12.0 Å². The van der Waals surface area contributed by atoms with Crippen molar-refractivity contribution >= 4 is 27.5 Å². The number of hydrogen-bond acceptors (Lipinski definition) is 1. The zero-order chi connectivity index (χ0) is 12.8. The minimum Gasteiger partial charge on any atom is -0.310 e. The lowest BCUT2D eigenvalue weighted by molar-refractivity contribution is 0.389. The smallest absolute Gasteiger partial charge is 0.0462 e. The van der Waals surface area contributed by atoms with Crippen molar-refractivity contribution in [3.8, 4) is 0 Å². The van der Waals surface area contributed by atoms with Gasteiger partial charge in [-0.05, 0) is 30.5 Å². The molecular formula is C15H21BrClN. The Kier molecular flexibility index (Phi) is 6.00. The summed E-state index contributed by atoms with van der Waals surface area (Å²) in [6.07, 6.45) is 9.58. The average molecular weight is 331 g/mol. The molecule has 0 radical (unpaired) electrons. The van der Waals surface area contributed by atoms with Gasteiger partial charge in [0.1, 0.15) is 0 Å². The lowest BCUT2D eigenvalue weighted by Gasteiger charge is -2.21. The molecule has 0 aromatic heterocycles. The van der Waals surface area contributed by atoms with Crippen LogP contribution in [0.2, 0.25) is 5.02 Å². The molecule has 0 amide bonds. The number of hydrogen-bond donors (Lipinski definition) is 1. The summed E-state index contributed by atoms with van der Waals surface area (Å²) >= 11 is 9.67. The van der Waals surface area contributed by atoms with Gasteiger partial charge in [0, 0.05) is 22.1 Å². The SMILES string of the molecule is Clc1cc(Br)ccc1CNC1CCCCCCC1. The van der Waals surface area contributed by atoms with Crippen LogP contribution in [0, 0.1) is 0 Å². The Morgan fingerprint density at radius 2 is 1.78 bits per heavy atom. The number of nitrogens with one attached hydrogen (secondary N) is 1. The van der Waals surface area contributed by atoms with Crippen LogP contribution in [-0.2, 0) is 6.54 Å². The second-order valence-electron chi connectivity index (χ2n) is 5.16. The lowest BCUT2D eigenvalue weighted by Crippen LogP contribution is -2.29. The first-order valence-corrected chi connectivity index (χ1v) is 8.10. The monoisotopic (exact) mass is 329 g/mol. The van der Waals surface area contributed by atoms with Gasteiger partial charge in [0.15, 0.2) is 0 Å². The van der Waals surface area contributed by atoms with Crippen LogP contribution in [0.1, 0.15) is 50.5 Å². The van der Waals surface area contributed by atoms with Crippen LogP contribution >= 0.6 is 27.5 Å². The quantitative estimate of drug-likeness (QED) is 0.792. The Morgan fingerprint density at radius 1 is 1.11 bits per heavy atom. The molecule has 1 aliphatic carbocycles. The summed E-state index contributed by atoms with van der Waals surface area (Å²) in [5.74, 6) is 0. The van der Waals surface area contributed by atoms with Gasteiger partial charge >= 0.3 is 0 Å². The van der Waals surface area contributed by atoms with E-state index < -0.39 is 0 Å². The second kappa shape index (κ2) is 7.52. The highest BCUT2D eigenvalue weighted by Crippen LogP contribution is 2.22. The number of halogens is 2. The van der Waals surface area contributed by atoms with Crippen molar-refractivity contribution < 1.29 is 0 Å². The highest BCUT2D eigenvalue weighted by atomic mass is 79.9. The van der Waals surface area contributed by atoms with Crippen molar-refractivity contribution in [2.75, 3.05) is 0 Å². The standard InChI is InChI=1S/C15H21BrClN/c16-13-9-8-12(15(17)10-13)11-18-14-6-4-2-1-3-5-7-14/h8-10,14,18H,1-7,11H2. The Balaban J connectivity index is 1.85. The molecule has 0 aliphatic heterocycles. The van der Waals surface area contributed by atoms with E-state index in [1.807, 2.05) is 6.07 Å². The predicted octanol–water partition coefficient (Wildman–Crippen LogP) is 5.31. The van der Waals surface area contributed by atoms with Crippen LogP contribution in [0.15, 0.2) is 22.7 Å². The van der Waals surface area contributed by atoms with Crippen LogP contribution in [0.5, 0.6) is 0 Å². The fraction of sp³-hybridized carbons (Fsp3) is 0.600. The molecule has 0 saturated heterocycles. The minimum atomic E-state index is 0.671. The predicted molar refractivity (Wildman–Crippen MR) is 82.1 cm³/mol. The van der Waals surface area contributed by atoms with Crippen molar-refractivity contribution in [1.82, 2.24) is 5.32 Å². The first-order chi connectivity index (χ1) is 8.75. The molecule has 1 aliphatic rings. The van der Waals surface area contributed by atoms with Crippen molar-refractivity contribution in [2.24, 2.45) is 0 Å². The first kappa shape index (κ1) is 14.4. The molecule has 1 fully saturated rings. The third-order valence-electron chi connectivity index (χ3n) is 3.70. The largest absolute Gasteiger partial charge is 0.310 e. The van der Waals surface area contributed by atoms with Gasteiger partial charge in [-0.2, -0.15) is 0 Å². The van der Waals surface area contributed by atoms with Gasteiger partial charge in [0.2, 0.25) is 0 Å². The molecule has 1 saturated carbocycles. The molecule has 0 heterocycles. The third kappa shape index (κ3) is 4.56. The zero-order valence-electron chi connectivity index (χ0n) is 10.7. The maximum Gasteiger partial charge on any atom is 0.0462 e. The maximum absolute atomic E-state index is 6.24. The summed E-state index contributed by atoms with van der Waals surface area (Å²) in [7, 11) is 0. The van der Waals surface area contributed by atoms with Gasteiger partial charge in [0.25, 0.3) is 0 Å². The van der Waals surface area contributed by atoms with Crippen molar-refractivity contribution in [2.45, 2.75) is 57.5 Å². The van der Waals surface area contributed by atoms with Gasteiger partial charge in [-0.3, -0.25) is 0 Å². The molecule has 0 unspecified atom stereocenters. The Morgan fingerprint density at radius 3 is 2.44 bits per heavy atom. The Bertz CT molecular complexity index is 373. The summed E-state index contributed by atoms with van der Waals surface area (Å²) < 4.78 is 1.04. The second-order valence-corrected chi connectivity index (χ2v) is 6.48. The van der Waals surface area contributed by atoms with E-state index in [0.717, 1.165) is 16.0 Å². The molecule has 1 aromatic carbocycles. The third-order valence-corrected chi connectivity index (χ3v) is 4.55. The van der Waals surface area contributed by atoms with E-state index in [1.54, 1.807) is 0 Å². The van der Waals surface area contributed by atoms with Crippen molar-refractivity contribution in [3.05, 3.63) is 33.3 Å². The molecule has 1 N–H and O–H groups in total. The Hall–Kier alpha value is -0.0500. The van der Waals surface area contributed by atoms with E-state index in [-0.39, 0.29) is 0 Å². The Labute approximate surface area is 123 Å². The fourth-order valence-electron chi connectivity index (χ4n) is 2.58. The summed E-state index contributed by atoms with van der Waals surface area (Å²) in [4.78, 5) is 0. The molecule has 0 atom stereocenters. The van der Waals surface area contributed by atoms with Crippen LogP contribution < -0.4 is 5.32 Å². The van der Waals surface area contributed by atoms with Gasteiger partial charge in [0.05, 0.1) is 0 Å². The van der Waals surface area contributed by atoms with E-state index in [1.165, 1.54) is 50.5 Å². The molecule has 1 aromatic rings. The van der Waals surface area contributed by atoms with E-state index in [9.17, 15) is 0 Å². The van der Waals surface area contributed by atoms with Crippen LogP contribution in [-0.4, -0.2) is 6.04 Å². The normalized spacial score (nSPS) is 18.3. The van der Waals surface area contributed by atoms with E-state index in [2.05, 4.69) is 33.4 Å². The molecular weight excluding hydrogens is 310 g/mol. The summed E-state index contributed by atoms with van der Waals surface area (Å²) in [6.45, 7) is 0.886. The van der Waals surface area contributed by atoms with Crippen molar-refractivity contribution in [3.63, 3.8) is 0 Å². The highest BCUT2D eigenvalue weighted by Gasteiger charge is 2.11. The number of rotatable bonds is 3. The summed E-state index contributed by atoms with van der Waals surface area (Å²) in [6, 6.07) is 6.80. The lowest BCUT2D eigenvalue weighted by atomic mass is 9.96. The average Bonchev–Trinajstić information content (AvgIpc) is 2.29. The van der Waals surface area contributed by atoms with Gasteiger partial charge < -0.3 is 5.32 Å². The van der Waals surface area contributed by atoms with Crippen LogP contribution in [0.25, 0.3) is 0 Å². The molecule has 1 nitrogen and oxygen atoms in total. The van der Waals surface area contributed by atoms with Crippen LogP contribution in [0.4, 0.5) is 0 Å².